The largest absolute Gasteiger partial charge is 0.304 e. The number of nitrogens with zero attached hydrogens (tertiary/aromatic N) is 1. The highest BCUT2D eigenvalue weighted by Crippen LogP contribution is 2.20. The van der Waals surface area contributed by atoms with Crippen molar-refractivity contribution in [3.05, 3.63) is 35.4 Å². The van der Waals surface area contributed by atoms with Crippen molar-refractivity contribution in [1.82, 2.24) is 10.3 Å². The number of hydrazine groups is 1. The van der Waals surface area contributed by atoms with E-state index in [9.17, 15) is 8.78 Å². The van der Waals surface area contributed by atoms with E-state index in [0.717, 1.165) is 31.8 Å². The van der Waals surface area contributed by atoms with E-state index >= 15 is 0 Å². The first-order chi connectivity index (χ1) is 8.62. The third kappa shape index (κ3) is 4.01. The van der Waals surface area contributed by atoms with Gasteiger partial charge in [0.2, 0.25) is 0 Å². The Morgan fingerprint density at radius 2 is 1.94 bits per heavy atom. The molecule has 0 saturated carbocycles. The van der Waals surface area contributed by atoms with Crippen molar-refractivity contribution >= 4 is 0 Å². The standard InChI is InChI=1S/C13H21F2N3/c1-3-18(4-2)8-7-13(17-16)11-9-10(14)5-6-12(11)15/h5-6,9,13,17H,3-4,7-8,16H2,1-2H3. The number of benzene rings is 1. The molecule has 0 aliphatic heterocycles. The summed E-state index contributed by atoms with van der Waals surface area (Å²) in [6.07, 6.45) is 0.637. The monoisotopic (exact) mass is 257 g/mol. The van der Waals surface area contributed by atoms with Crippen LogP contribution in [0.25, 0.3) is 0 Å². The SMILES string of the molecule is CCN(CC)CCC(NN)c1cc(F)ccc1F. The number of hydrogen-bond acceptors (Lipinski definition) is 3. The molecule has 1 unspecified atom stereocenters. The first kappa shape index (κ1) is 15.0. The normalized spacial score (nSPS) is 13.0. The van der Waals surface area contributed by atoms with Gasteiger partial charge in [-0.15, -0.1) is 0 Å². The minimum atomic E-state index is -0.450. The molecular weight excluding hydrogens is 236 g/mol. The minimum Gasteiger partial charge on any atom is -0.304 e. The maximum atomic E-state index is 13.6. The van der Waals surface area contributed by atoms with Gasteiger partial charge in [-0.25, -0.2) is 8.78 Å². The molecule has 0 radical (unpaired) electrons. The second-order valence-electron chi connectivity index (χ2n) is 4.20. The van der Waals surface area contributed by atoms with Gasteiger partial charge in [0.25, 0.3) is 0 Å². The molecule has 0 heterocycles. The van der Waals surface area contributed by atoms with Crippen LogP contribution in [0.15, 0.2) is 18.2 Å². The van der Waals surface area contributed by atoms with E-state index in [2.05, 4.69) is 24.2 Å². The highest BCUT2D eigenvalue weighted by Gasteiger charge is 2.16. The van der Waals surface area contributed by atoms with E-state index in [1.807, 2.05) is 0 Å². The summed E-state index contributed by atoms with van der Waals surface area (Å²) < 4.78 is 26.7. The zero-order valence-corrected chi connectivity index (χ0v) is 10.9. The Labute approximate surface area is 107 Å². The zero-order chi connectivity index (χ0) is 13.5. The van der Waals surface area contributed by atoms with Crippen molar-refractivity contribution in [3.63, 3.8) is 0 Å². The summed E-state index contributed by atoms with van der Waals surface area (Å²) >= 11 is 0. The summed E-state index contributed by atoms with van der Waals surface area (Å²) in [5.74, 6) is 4.55. The molecule has 102 valence electrons. The summed E-state index contributed by atoms with van der Waals surface area (Å²) in [7, 11) is 0. The fourth-order valence-electron chi connectivity index (χ4n) is 1.96. The lowest BCUT2D eigenvalue weighted by Gasteiger charge is -2.22. The van der Waals surface area contributed by atoms with Crippen LogP contribution in [0.5, 0.6) is 0 Å². The summed E-state index contributed by atoms with van der Waals surface area (Å²) in [4.78, 5) is 2.21. The molecule has 0 aliphatic carbocycles. The van der Waals surface area contributed by atoms with Crippen LogP contribution in [-0.2, 0) is 0 Å². The summed E-state index contributed by atoms with van der Waals surface area (Å²) in [5.41, 5.74) is 2.84. The predicted molar refractivity (Wildman–Crippen MR) is 68.8 cm³/mol. The van der Waals surface area contributed by atoms with Gasteiger partial charge in [0.1, 0.15) is 11.6 Å². The third-order valence-electron chi connectivity index (χ3n) is 3.16. The highest BCUT2D eigenvalue weighted by molar-refractivity contribution is 5.22. The molecule has 18 heavy (non-hydrogen) atoms. The maximum absolute atomic E-state index is 13.6. The molecule has 0 spiro atoms. The van der Waals surface area contributed by atoms with Crippen LogP contribution in [0, 0.1) is 11.6 Å². The highest BCUT2D eigenvalue weighted by atomic mass is 19.1. The van der Waals surface area contributed by atoms with Gasteiger partial charge in [-0.3, -0.25) is 11.3 Å². The molecule has 1 aromatic rings. The van der Waals surface area contributed by atoms with Gasteiger partial charge in [0, 0.05) is 5.56 Å². The van der Waals surface area contributed by atoms with Gasteiger partial charge in [0.05, 0.1) is 6.04 Å². The lowest BCUT2D eigenvalue weighted by Crippen LogP contribution is -2.33. The van der Waals surface area contributed by atoms with E-state index in [-0.39, 0.29) is 11.6 Å². The van der Waals surface area contributed by atoms with Gasteiger partial charge in [0.15, 0.2) is 0 Å². The second kappa shape index (κ2) is 7.41. The lowest BCUT2D eigenvalue weighted by molar-refractivity contribution is 0.280. The van der Waals surface area contributed by atoms with E-state index in [1.165, 1.54) is 6.07 Å². The van der Waals surface area contributed by atoms with Crippen molar-refractivity contribution in [3.8, 4) is 0 Å². The van der Waals surface area contributed by atoms with Gasteiger partial charge in [-0.05, 0) is 44.3 Å². The van der Waals surface area contributed by atoms with E-state index in [0.29, 0.717) is 6.42 Å². The van der Waals surface area contributed by atoms with Gasteiger partial charge in [-0.1, -0.05) is 13.8 Å². The number of halogens is 2. The summed E-state index contributed by atoms with van der Waals surface area (Å²) in [6, 6.07) is 3.06. The fraction of sp³-hybridized carbons (Fsp3) is 0.538. The molecule has 0 fully saturated rings. The first-order valence-corrected chi connectivity index (χ1v) is 6.25. The van der Waals surface area contributed by atoms with E-state index < -0.39 is 11.6 Å². The van der Waals surface area contributed by atoms with Crippen LogP contribution in [0.3, 0.4) is 0 Å². The van der Waals surface area contributed by atoms with E-state index in [1.54, 1.807) is 0 Å². The number of nitrogens with two attached hydrogens (primary N) is 1. The second-order valence-corrected chi connectivity index (χ2v) is 4.20. The summed E-state index contributed by atoms with van der Waals surface area (Å²) in [5, 5.41) is 0. The molecular formula is C13H21F2N3. The number of nitrogens with one attached hydrogen (secondary N) is 1. The molecule has 1 atom stereocenters. The van der Waals surface area contributed by atoms with Crippen LogP contribution >= 0.6 is 0 Å². The van der Waals surface area contributed by atoms with Gasteiger partial charge >= 0.3 is 0 Å². The first-order valence-electron chi connectivity index (χ1n) is 6.25. The Balaban J connectivity index is 2.73. The quantitative estimate of drug-likeness (QED) is 0.581. The average Bonchev–Trinajstić information content (AvgIpc) is 2.38. The van der Waals surface area contributed by atoms with Crippen LogP contribution in [0.2, 0.25) is 0 Å². The maximum Gasteiger partial charge on any atom is 0.128 e. The molecule has 3 N–H and O–H groups in total. The topological polar surface area (TPSA) is 41.3 Å². The number of rotatable bonds is 7. The molecule has 0 saturated heterocycles. The Kier molecular flexibility index (Phi) is 6.18. The van der Waals surface area contributed by atoms with Crippen molar-refractivity contribution in [2.45, 2.75) is 26.3 Å². The van der Waals surface area contributed by atoms with Crippen molar-refractivity contribution in [2.24, 2.45) is 5.84 Å². The average molecular weight is 257 g/mol. The summed E-state index contributed by atoms with van der Waals surface area (Å²) in [6.45, 7) is 6.78. The Hall–Kier alpha value is -1.04. The molecule has 0 aliphatic rings. The van der Waals surface area contributed by atoms with Crippen LogP contribution in [-0.4, -0.2) is 24.5 Å². The zero-order valence-electron chi connectivity index (χ0n) is 10.9. The molecule has 0 bridgehead atoms. The molecule has 5 heteroatoms. The van der Waals surface area contributed by atoms with Crippen LogP contribution < -0.4 is 11.3 Å². The van der Waals surface area contributed by atoms with Crippen molar-refractivity contribution < 1.29 is 8.78 Å². The van der Waals surface area contributed by atoms with Gasteiger partial charge in [-0.2, -0.15) is 0 Å². The van der Waals surface area contributed by atoms with Crippen molar-refractivity contribution in [2.75, 3.05) is 19.6 Å². The molecule has 3 nitrogen and oxygen atoms in total. The molecule has 1 rings (SSSR count). The Morgan fingerprint density at radius 1 is 1.28 bits per heavy atom. The number of hydrogen-bond donors (Lipinski definition) is 2. The lowest BCUT2D eigenvalue weighted by atomic mass is 10.0. The Morgan fingerprint density at radius 3 is 2.50 bits per heavy atom. The Bertz CT molecular complexity index is 367. The molecule has 0 amide bonds. The van der Waals surface area contributed by atoms with E-state index in [4.69, 9.17) is 5.84 Å². The minimum absolute atomic E-state index is 0.282. The fourth-order valence-corrected chi connectivity index (χ4v) is 1.96. The van der Waals surface area contributed by atoms with Gasteiger partial charge < -0.3 is 4.90 Å². The smallest absolute Gasteiger partial charge is 0.128 e. The van der Waals surface area contributed by atoms with Crippen LogP contribution in [0.1, 0.15) is 31.9 Å². The van der Waals surface area contributed by atoms with Crippen molar-refractivity contribution in [1.29, 1.82) is 0 Å². The predicted octanol–water partition coefficient (Wildman–Crippen LogP) is 2.20. The third-order valence-corrected chi connectivity index (χ3v) is 3.16. The molecule has 0 aromatic heterocycles. The van der Waals surface area contributed by atoms with Crippen LogP contribution in [0.4, 0.5) is 8.78 Å². The molecule has 1 aromatic carbocycles.